The molecule has 8 heteroatoms. The number of aryl methyl sites for hydroxylation is 3. The Labute approximate surface area is 189 Å². The number of thioether (sulfide) groups is 2. The molecule has 4 rings (SSSR count). The Morgan fingerprint density at radius 1 is 1.26 bits per heavy atom. The SMILES string of the molecule is COc1ccccc1-n1c(SCC(=O)Nc2ccc(C)cc2C)nc2c(c1=O)SCC2. The van der Waals surface area contributed by atoms with Crippen molar-refractivity contribution in [2.45, 2.75) is 30.3 Å². The van der Waals surface area contributed by atoms with Gasteiger partial charge in [0.05, 0.1) is 29.1 Å². The van der Waals surface area contributed by atoms with Crippen LogP contribution in [0.5, 0.6) is 5.75 Å². The maximum atomic E-state index is 13.3. The molecule has 0 radical (unpaired) electrons. The summed E-state index contributed by atoms with van der Waals surface area (Å²) in [6.45, 7) is 3.98. The second-order valence-corrected chi connectivity index (χ2v) is 9.28. The number of nitrogens with zero attached hydrogens (tertiary/aromatic N) is 2. The van der Waals surface area contributed by atoms with Crippen LogP contribution in [0.1, 0.15) is 16.8 Å². The van der Waals surface area contributed by atoms with Crippen molar-refractivity contribution in [3.63, 3.8) is 0 Å². The van der Waals surface area contributed by atoms with E-state index in [0.29, 0.717) is 21.5 Å². The maximum Gasteiger partial charge on any atom is 0.272 e. The molecule has 1 aliphatic rings. The van der Waals surface area contributed by atoms with Crippen molar-refractivity contribution >= 4 is 35.1 Å². The summed E-state index contributed by atoms with van der Waals surface area (Å²) >= 11 is 2.78. The predicted octanol–water partition coefficient (Wildman–Crippen LogP) is 4.24. The summed E-state index contributed by atoms with van der Waals surface area (Å²) < 4.78 is 7.03. The van der Waals surface area contributed by atoms with Crippen LogP contribution in [-0.2, 0) is 11.2 Å². The fourth-order valence-corrected chi connectivity index (χ4v) is 5.33. The number of para-hydroxylation sites is 2. The number of carbonyl (C=O) groups excluding carboxylic acids is 1. The van der Waals surface area contributed by atoms with Crippen LogP contribution in [-0.4, -0.2) is 34.1 Å². The van der Waals surface area contributed by atoms with E-state index in [1.165, 1.54) is 23.5 Å². The molecule has 0 saturated carbocycles. The van der Waals surface area contributed by atoms with Crippen molar-refractivity contribution < 1.29 is 9.53 Å². The van der Waals surface area contributed by atoms with Gasteiger partial charge in [0.1, 0.15) is 5.75 Å². The zero-order valence-corrected chi connectivity index (χ0v) is 19.2. The van der Waals surface area contributed by atoms with Crippen molar-refractivity contribution in [1.29, 1.82) is 0 Å². The highest BCUT2D eigenvalue weighted by atomic mass is 32.2. The van der Waals surface area contributed by atoms with Crippen LogP contribution < -0.4 is 15.6 Å². The Morgan fingerprint density at radius 2 is 2.06 bits per heavy atom. The highest BCUT2D eigenvalue weighted by Crippen LogP contribution is 2.32. The normalized spacial score (nSPS) is 12.5. The largest absolute Gasteiger partial charge is 0.495 e. The fraction of sp³-hybridized carbons (Fsp3) is 0.261. The van der Waals surface area contributed by atoms with E-state index in [9.17, 15) is 9.59 Å². The van der Waals surface area contributed by atoms with Crippen molar-refractivity contribution in [2.75, 3.05) is 23.9 Å². The zero-order chi connectivity index (χ0) is 22.0. The maximum absolute atomic E-state index is 13.3. The number of fused-ring (bicyclic) bond motifs is 1. The molecule has 160 valence electrons. The van der Waals surface area contributed by atoms with E-state index in [1.54, 1.807) is 11.7 Å². The molecule has 0 saturated heterocycles. The first kappa shape index (κ1) is 21.5. The minimum Gasteiger partial charge on any atom is -0.495 e. The molecular weight excluding hydrogens is 430 g/mol. The van der Waals surface area contributed by atoms with Crippen LogP contribution in [0.2, 0.25) is 0 Å². The zero-order valence-electron chi connectivity index (χ0n) is 17.6. The molecule has 2 heterocycles. The van der Waals surface area contributed by atoms with E-state index in [2.05, 4.69) is 5.32 Å². The summed E-state index contributed by atoms with van der Waals surface area (Å²) in [5, 5.41) is 3.44. The van der Waals surface area contributed by atoms with Gasteiger partial charge in [-0.25, -0.2) is 4.98 Å². The molecule has 6 nitrogen and oxygen atoms in total. The second kappa shape index (κ2) is 9.20. The number of methoxy groups -OCH3 is 1. The Kier molecular flexibility index (Phi) is 6.38. The number of hydrogen-bond donors (Lipinski definition) is 1. The molecule has 1 amide bonds. The lowest BCUT2D eigenvalue weighted by Crippen LogP contribution is -2.25. The van der Waals surface area contributed by atoms with Crippen LogP contribution >= 0.6 is 23.5 Å². The topological polar surface area (TPSA) is 73.2 Å². The minimum absolute atomic E-state index is 0.116. The van der Waals surface area contributed by atoms with E-state index in [4.69, 9.17) is 9.72 Å². The van der Waals surface area contributed by atoms with Crippen molar-refractivity contribution in [3.05, 3.63) is 69.6 Å². The molecule has 0 spiro atoms. The minimum atomic E-state index is -0.146. The van der Waals surface area contributed by atoms with Gasteiger partial charge in [0.2, 0.25) is 5.91 Å². The number of nitrogens with one attached hydrogen (secondary N) is 1. The molecule has 0 unspecified atom stereocenters. The van der Waals surface area contributed by atoms with Gasteiger partial charge in [0.15, 0.2) is 5.16 Å². The van der Waals surface area contributed by atoms with E-state index in [-0.39, 0.29) is 17.2 Å². The average molecular weight is 454 g/mol. The van der Waals surface area contributed by atoms with Gasteiger partial charge in [0.25, 0.3) is 5.56 Å². The molecular formula is C23H23N3O3S2. The highest BCUT2D eigenvalue weighted by molar-refractivity contribution is 8.00. The molecule has 1 N–H and O–H groups in total. The number of amides is 1. The first-order chi connectivity index (χ1) is 15.0. The monoisotopic (exact) mass is 453 g/mol. The standard InChI is InChI=1S/C23H23N3O3S2/c1-14-8-9-16(15(2)12-14)24-20(27)13-31-23-25-17-10-11-30-21(17)22(28)26(23)18-6-4-5-7-19(18)29-3/h4-9,12H,10-11,13H2,1-3H3,(H,24,27). The van der Waals surface area contributed by atoms with E-state index >= 15 is 0 Å². The van der Waals surface area contributed by atoms with Crippen LogP contribution in [0.25, 0.3) is 5.69 Å². The smallest absolute Gasteiger partial charge is 0.272 e. The van der Waals surface area contributed by atoms with Gasteiger partial charge in [-0.1, -0.05) is 41.6 Å². The van der Waals surface area contributed by atoms with E-state index in [1.807, 2.05) is 56.3 Å². The third-order valence-electron chi connectivity index (χ3n) is 4.98. The molecule has 0 bridgehead atoms. The average Bonchev–Trinajstić information content (AvgIpc) is 3.23. The van der Waals surface area contributed by atoms with Gasteiger partial charge < -0.3 is 10.1 Å². The van der Waals surface area contributed by atoms with Crippen molar-refractivity contribution in [2.24, 2.45) is 0 Å². The molecule has 3 aromatic rings. The molecule has 0 atom stereocenters. The number of anilines is 1. The van der Waals surface area contributed by atoms with Crippen LogP contribution in [0.3, 0.4) is 0 Å². The van der Waals surface area contributed by atoms with E-state index in [0.717, 1.165) is 34.7 Å². The van der Waals surface area contributed by atoms with Crippen molar-refractivity contribution in [3.8, 4) is 11.4 Å². The molecule has 1 aromatic heterocycles. The van der Waals surface area contributed by atoms with Crippen LogP contribution in [0.4, 0.5) is 5.69 Å². The number of rotatable bonds is 6. The Balaban J connectivity index is 1.64. The van der Waals surface area contributed by atoms with Gasteiger partial charge in [0, 0.05) is 17.9 Å². The van der Waals surface area contributed by atoms with Crippen molar-refractivity contribution in [1.82, 2.24) is 9.55 Å². The highest BCUT2D eigenvalue weighted by Gasteiger charge is 2.24. The summed E-state index contributed by atoms with van der Waals surface area (Å²) in [4.78, 5) is 31.4. The summed E-state index contributed by atoms with van der Waals surface area (Å²) in [5.41, 5.74) is 4.25. The summed E-state index contributed by atoms with van der Waals surface area (Å²) in [6.07, 6.45) is 0.754. The van der Waals surface area contributed by atoms with Crippen LogP contribution in [0.15, 0.2) is 57.3 Å². The predicted molar refractivity (Wildman–Crippen MR) is 126 cm³/mol. The number of benzene rings is 2. The van der Waals surface area contributed by atoms with E-state index < -0.39 is 0 Å². The summed E-state index contributed by atoms with van der Waals surface area (Å²) in [5.74, 6) is 1.41. The molecule has 1 aliphatic heterocycles. The quantitative estimate of drug-likeness (QED) is 0.445. The molecule has 0 fully saturated rings. The number of hydrogen-bond acceptors (Lipinski definition) is 6. The first-order valence-electron chi connectivity index (χ1n) is 9.90. The van der Waals surface area contributed by atoms with Gasteiger partial charge in [-0.2, -0.15) is 0 Å². The van der Waals surface area contributed by atoms with Crippen LogP contribution in [0, 0.1) is 13.8 Å². The third-order valence-corrected chi connectivity index (χ3v) is 7.03. The lowest BCUT2D eigenvalue weighted by molar-refractivity contribution is -0.113. The Bertz CT molecular complexity index is 1210. The molecule has 31 heavy (non-hydrogen) atoms. The third kappa shape index (κ3) is 4.50. The Morgan fingerprint density at radius 3 is 2.84 bits per heavy atom. The Hall–Kier alpha value is -2.71. The summed E-state index contributed by atoms with van der Waals surface area (Å²) in [7, 11) is 1.57. The lowest BCUT2D eigenvalue weighted by atomic mass is 10.1. The van der Waals surface area contributed by atoms with Gasteiger partial charge in [-0.3, -0.25) is 14.2 Å². The van der Waals surface area contributed by atoms with Gasteiger partial charge >= 0.3 is 0 Å². The first-order valence-corrected chi connectivity index (χ1v) is 11.9. The fourth-order valence-electron chi connectivity index (χ4n) is 3.49. The number of ether oxygens (including phenoxy) is 1. The molecule has 0 aliphatic carbocycles. The van der Waals surface area contributed by atoms with Gasteiger partial charge in [-0.15, -0.1) is 11.8 Å². The van der Waals surface area contributed by atoms with Gasteiger partial charge in [-0.05, 0) is 37.6 Å². The number of aromatic nitrogens is 2. The number of carbonyl (C=O) groups is 1. The molecule has 2 aromatic carbocycles. The second-order valence-electron chi connectivity index (χ2n) is 7.24. The summed E-state index contributed by atoms with van der Waals surface area (Å²) in [6, 6.07) is 13.2. The lowest BCUT2D eigenvalue weighted by Gasteiger charge is -2.16.